The lowest BCUT2D eigenvalue weighted by atomic mass is 10.0. The van der Waals surface area contributed by atoms with Gasteiger partial charge in [-0.1, -0.05) is 48.5 Å². The standard InChI is InChI=1S/C18H20N2O2/c21-18(22-13-15-9-6-12-19-15)20-17-11-5-4-10-16(17)14-7-2-1-3-8-14/h1-5,7-8,10-11,15,19H,6,9,12-13H2,(H,20,21). The van der Waals surface area contributed by atoms with E-state index < -0.39 is 6.09 Å². The van der Waals surface area contributed by atoms with Crippen LogP contribution in [0.1, 0.15) is 12.8 Å². The highest BCUT2D eigenvalue weighted by molar-refractivity contribution is 5.91. The first kappa shape index (κ1) is 14.6. The smallest absolute Gasteiger partial charge is 0.411 e. The summed E-state index contributed by atoms with van der Waals surface area (Å²) >= 11 is 0. The summed E-state index contributed by atoms with van der Waals surface area (Å²) in [6.45, 7) is 1.42. The molecule has 22 heavy (non-hydrogen) atoms. The minimum Gasteiger partial charge on any atom is -0.448 e. The highest BCUT2D eigenvalue weighted by Crippen LogP contribution is 2.27. The zero-order valence-electron chi connectivity index (χ0n) is 12.4. The Kier molecular flexibility index (Phi) is 4.71. The van der Waals surface area contributed by atoms with Gasteiger partial charge >= 0.3 is 6.09 Å². The Morgan fingerprint density at radius 3 is 2.68 bits per heavy atom. The highest BCUT2D eigenvalue weighted by Gasteiger charge is 2.16. The molecular formula is C18H20N2O2. The molecule has 1 aliphatic heterocycles. The second-order valence-electron chi connectivity index (χ2n) is 5.43. The van der Waals surface area contributed by atoms with Crippen molar-refractivity contribution in [1.82, 2.24) is 5.32 Å². The minimum absolute atomic E-state index is 0.287. The number of amides is 1. The first-order valence-corrected chi connectivity index (χ1v) is 7.64. The Balaban J connectivity index is 1.66. The third-order valence-corrected chi connectivity index (χ3v) is 3.83. The molecular weight excluding hydrogens is 276 g/mol. The first-order chi connectivity index (χ1) is 10.8. The SMILES string of the molecule is O=C(Nc1ccccc1-c1ccccc1)OCC1CCCN1. The van der Waals surface area contributed by atoms with Crippen LogP contribution < -0.4 is 10.6 Å². The lowest BCUT2D eigenvalue weighted by molar-refractivity contribution is 0.151. The molecule has 0 radical (unpaired) electrons. The maximum atomic E-state index is 12.0. The molecule has 2 N–H and O–H groups in total. The van der Waals surface area contributed by atoms with E-state index in [4.69, 9.17) is 4.74 Å². The van der Waals surface area contributed by atoms with E-state index in [-0.39, 0.29) is 6.04 Å². The number of benzene rings is 2. The van der Waals surface area contributed by atoms with Crippen molar-refractivity contribution >= 4 is 11.8 Å². The van der Waals surface area contributed by atoms with Crippen molar-refractivity contribution in [2.24, 2.45) is 0 Å². The second kappa shape index (κ2) is 7.09. The van der Waals surface area contributed by atoms with Crippen LogP contribution in [-0.2, 0) is 4.74 Å². The van der Waals surface area contributed by atoms with Crippen molar-refractivity contribution in [2.45, 2.75) is 18.9 Å². The van der Waals surface area contributed by atoms with Gasteiger partial charge in [0.15, 0.2) is 0 Å². The molecule has 1 amide bonds. The molecule has 1 unspecified atom stereocenters. The monoisotopic (exact) mass is 296 g/mol. The van der Waals surface area contributed by atoms with Crippen LogP contribution >= 0.6 is 0 Å². The van der Waals surface area contributed by atoms with E-state index in [0.29, 0.717) is 6.61 Å². The van der Waals surface area contributed by atoms with Crippen LogP contribution in [0.2, 0.25) is 0 Å². The number of hydrogen-bond acceptors (Lipinski definition) is 3. The fourth-order valence-electron chi connectivity index (χ4n) is 2.68. The van der Waals surface area contributed by atoms with E-state index in [9.17, 15) is 4.79 Å². The van der Waals surface area contributed by atoms with E-state index in [1.165, 1.54) is 0 Å². The molecule has 1 saturated heterocycles. The summed E-state index contributed by atoms with van der Waals surface area (Å²) in [6, 6.07) is 18.0. The lowest BCUT2D eigenvalue weighted by Crippen LogP contribution is -2.29. The van der Waals surface area contributed by atoms with Gasteiger partial charge in [-0.15, -0.1) is 0 Å². The van der Waals surface area contributed by atoms with Crippen LogP contribution in [0.15, 0.2) is 54.6 Å². The third-order valence-electron chi connectivity index (χ3n) is 3.83. The number of rotatable bonds is 4. The normalized spacial score (nSPS) is 17.2. The maximum Gasteiger partial charge on any atom is 0.411 e. The molecule has 0 aromatic heterocycles. The molecule has 0 spiro atoms. The van der Waals surface area contributed by atoms with Gasteiger partial charge in [0.2, 0.25) is 0 Å². The van der Waals surface area contributed by atoms with Crippen molar-refractivity contribution < 1.29 is 9.53 Å². The Labute approximate surface area is 130 Å². The number of carbonyl (C=O) groups excluding carboxylic acids is 1. The maximum absolute atomic E-state index is 12.0. The average Bonchev–Trinajstić information content (AvgIpc) is 3.08. The van der Waals surface area contributed by atoms with Crippen molar-refractivity contribution in [3.8, 4) is 11.1 Å². The second-order valence-corrected chi connectivity index (χ2v) is 5.43. The first-order valence-electron chi connectivity index (χ1n) is 7.64. The molecule has 1 atom stereocenters. The Hall–Kier alpha value is -2.33. The van der Waals surface area contributed by atoms with Crippen LogP contribution in [0.25, 0.3) is 11.1 Å². The van der Waals surface area contributed by atoms with Crippen LogP contribution in [0.3, 0.4) is 0 Å². The van der Waals surface area contributed by atoms with E-state index in [1.54, 1.807) is 0 Å². The average molecular weight is 296 g/mol. The molecule has 2 aromatic rings. The fourth-order valence-corrected chi connectivity index (χ4v) is 2.68. The highest BCUT2D eigenvalue weighted by atomic mass is 16.5. The molecule has 1 heterocycles. The topological polar surface area (TPSA) is 50.4 Å². The number of anilines is 1. The van der Waals surface area contributed by atoms with E-state index in [0.717, 1.165) is 36.2 Å². The van der Waals surface area contributed by atoms with Crippen molar-refractivity contribution in [3.05, 3.63) is 54.6 Å². The molecule has 2 aromatic carbocycles. The molecule has 3 rings (SSSR count). The van der Waals surface area contributed by atoms with E-state index in [1.807, 2.05) is 54.6 Å². The number of nitrogens with one attached hydrogen (secondary N) is 2. The summed E-state index contributed by atoms with van der Waals surface area (Å²) < 4.78 is 5.31. The molecule has 0 saturated carbocycles. The summed E-state index contributed by atoms with van der Waals surface area (Å²) in [4.78, 5) is 12.0. The van der Waals surface area contributed by atoms with Gasteiger partial charge in [0.1, 0.15) is 6.61 Å². The Bertz CT molecular complexity index is 622. The van der Waals surface area contributed by atoms with Crippen LogP contribution in [0.4, 0.5) is 10.5 Å². The van der Waals surface area contributed by atoms with Gasteiger partial charge in [0.25, 0.3) is 0 Å². The molecule has 4 nitrogen and oxygen atoms in total. The van der Waals surface area contributed by atoms with Crippen LogP contribution in [0, 0.1) is 0 Å². The van der Waals surface area contributed by atoms with Gasteiger partial charge in [0, 0.05) is 11.6 Å². The van der Waals surface area contributed by atoms with Crippen molar-refractivity contribution in [1.29, 1.82) is 0 Å². The number of hydrogen-bond donors (Lipinski definition) is 2. The summed E-state index contributed by atoms with van der Waals surface area (Å²) in [5.41, 5.74) is 2.81. The van der Waals surface area contributed by atoms with Crippen molar-refractivity contribution in [3.63, 3.8) is 0 Å². The largest absolute Gasteiger partial charge is 0.448 e. The summed E-state index contributed by atoms with van der Waals surface area (Å²) in [7, 11) is 0. The summed E-state index contributed by atoms with van der Waals surface area (Å²) in [5.74, 6) is 0. The Morgan fingerprint density at radius 2 is 1.91 bits per heavy atom. The predicted octanol–water partition coefficient (Wildman–Crippen LogP) is 3.65. The molecule has 0 aliphatic carbocycles. The molecule has 0 bridgehead atoms. The summed E-state index contributed by atoms with van der Waals surface area (Å²) in [5, 5.41) is 6.15. The zero-order chi connectivity index (χ0) is 15.2. The van der Waals surface area contributed by atoms with Crippen molar-refractivity contribution in [2.75, 3.05) is 18.5 Å². The van der Waals surface area contributed by atoms with Gasteiger partial charge in [-0.3, -0.25) is 5.32 Å². The van der Waals surface area contributed by atoms with Crippen LogP contribution in [-0.4, -0.2) is 25.3 Å². The number of ether oxygens (including phenoxy) is 1. The fraction of sp³-hybridized carbons (Fsp3) is 0.278. The minimum atomic E-state index is -0.405. The third kappa shape index (κ3) is 3.65. The van der Waals surface area contributed by atoms with E-state index >= 15 is 0 Å². The predicted molar refractivity (Wildman–Crippen MR) is 87.9 cm³/mol. The quantitative estimate of drug-likeness (QED) is 0.905. The lowest BCUT2D eigenvalue weighted by Gasteiger charge is -2.14. The number of carbonyl (C=O) groups is 1. The van der Waals surface area contributed by atoms with E-state index in [2.05, 4.69) is 10.6 Å². The Morgan fingerprint density at radius 1 is 1.14 bits per heavy atom. The van der Waals surface area contributed by atoms with Gasteiger partial charge in [-0.25, -0.2) is 4.79 Å². The molecule has 114 valence electrons. The molecule has 4 heteroatoms. The molecule has 1 aliphatic rings. The van der Waals surface area contributed by atoms with Gasteiger partial charge in [0.05, 0.1) is 5.69 Å². The summed E-state index contributed by atoms with van der Waals surface area (Å²) in [6.07, 6.45) is 1.80. The van der Waals surface area contributed by atoms with Crippen LogP contribution in [0.5, 0.6) is 0 Å². The molecule has 1 fully saturated rings. The van der Waals surface area contributed by atoms with Gasteiger partial charge in [-0.05, 0) is 31.0 Å². The number of para-hydroxylation sites is 1. The van der Waals surface area contributed by atoms with Gasteiger partial charge < -0.3 is 10.1 Å². The zero-order valence-corrected chi connectivity index (χ0v) is 12.4. The van der Waals surface area contributed by atoms with Gasteiger partial charge in [-0.2, -0.15) is 0 Å².